The van der Waals surface area contributed by atoms with Gasteiger partial charge in [-0.25, -0.2) is 0 Å². The molecular formula is C12H9N. The van der Waals surface area contributed by atoms with E-state index in [2.05, 4.69) is 17.4 Å². The summed E-state index contributed by atoms with van der Waals surface area (Å²) >= 11 is 0. The number of hydrogen-bond acceptors (Lipinski definition) is 1. The van der Waals surface area contributed by atoms with Crippen molar-refractivity contribution in [3.05, 3.63) is 60.7 Å². The molecular weight excluding hydrogens is 158 g/mol. The summed E-state index contributed by atoms with van der Waals surface area (Å²) in [5.41, 5.74) is 2.09. The molecule has 0 aliphatic carbocycles. The highest BCUT2D eigenvalue weighted by Gasteiger charge is 1.90. The third-order valence-electron chi connectivity index (χ3n) is 1.70. The Morgan fingerprint density at radius 3 is 1.77 bits per heavy atom. The second kappa shape index (κ2) is 3.76. The second-order valence-corrected chi connectivity index (χ2v) is 2.71. The van der Waals surface area contributed by atoms with Gasteiger partial charge in [-0.15, -0.1) is 0 Å². The first kappa shape index (κ1) is 7.87. The van der Waals surface area contributed by atoms with Crippen LogP contribution >= 0.6 is 0 Å². The molecule has 2 aromatic rings. The maximum absolute atomic E-state index is 3.24. The Morgan fingerprint density at radius 2 is 1.38 bits per heavy atom. The van der Waals surface area contributed by atoms with Gasteiger partial charge >= 0.3 is 0 Å². The molecule has 0 spiro atoms. The van der Waals surface area contributed by atoms with E-state index in [1.165, 1.54) is 0 Å². The van der Waals surface area contributed by atoms with Crippen LogP contribution in [-0.2, 0) is 0 Å². The number of hydrogen-bond donors (Lipinski definition) is 1. The fourth-order valence-electron chi connectivity index (χ4n) is 1.11. The summed E-state index contributed by atoms with van der Waals surface area (Å²) in [6.07, 6.45) is 0. The van der Waals surface area contributed by atoms with E-state index >= 15 is 0 Å². The summed E-state index contributed by atoms with van der Waals surface area (Å²) in [5.74, 6) is 0. The lowest BCUT2D eigenvalue weighted by atomic mass is 10.3. The molecule has 0 bridgehead atoms. The van der Waals surface area contributed by atoms with Gasteiger partial charge in [-0.05, 0) is 36.4 Å². The van der Waals surface area contributed by atoms with Crippen LogP contribution in [-0.4, -0.2) is 0 Å². The molecule has 0 aliphatic rings. The summed E-state index contributed by atoms with van der Waals surface area (Å²) in [5, 5.41) is 3.24. The summed E-state index contributed by atoms with van der Waals surface area (Å²) in [7, 11) is 0. The van der Waals surface area contributed by atoms with Crippen molar-refractivity contribution in [2.75, 3.05) is 5.32 Å². The molecule has 0 heterocycles. The molecule has 0 aliphatic heterocycles. The monoisotopic (exact) mass is 167 g/mol. The van der Waals surface area contributed by atoms with Gasteiger partial charge in [-0.3, -0.25) is 0 Å². The normalized spacial score (nSPS) is 9.54. The topological polar surface area (TPSA) is 12.0 Å². The largest absolute Gasteiger partial charge is 0.355 e. The lowest BCUT2D eigenvalue weighted by Crippen LogP contribution is -1.88. The number of anilines is 2. The molecule has 1 nitrogen and oxygen atoms in total. The summed E-state index contributed by atoms with van der Waals surface area (Å²) in [4.78, 5) is 0. The van der Waals surface area contributed by atoms with Crippen molar-refractivity contribution in [3.8, 4) is 0 Å². The maximum atomic E-state index is 3.24. The van der Waals surface area contributed by atoms with Crippen LogP contribution in [0, 0.1) is 12.1 Å². The molecule has 0 atom stereocenters. The Labute approximate surface area is 78.0 Å². The maximum Gasteiger partial charge on any atom is 0.0390 e. The first-order chi connectivity index (χ1) is 6.45. The molecule has 1 heteroatoms. The average Bonchev–Trinajstić information content (AvgIpc) is 2.21. The first-order valence-corrected chi connectivity index (χ1v) is 4.14. The molecule has 0 aromatic heterocycles. The van der Waals surface area contributed by atoms with Crippen molar-refractivity contribution in [3.63, 3.8) is 0 Å². The van der Waals surface area contributed by atoms with E-state index < -0.39 is 0 Å². The zero-order valence-electron chi connectivity index (χ0n) is 7.12. The van der Waals surface area contributed by atoms with E-state index in [1.54, 1.807) is 0 Å². The fourth-order valence-corrected chi connectivity index (χ4v) is 1.11. The highest BCUT2D eigenvalue weighted by molar-refractivity contribution is 5.58. The molecule has 0 saturated carbocycles. The van der Waals surface area contributed by atoms with Crippen LogP contribution in [0.3, 0.4) is 0 Å². The van der Waals surface area contributed by atoms with Crippen LogP contribution in [0.5, 0.6) is 0 Å². The lowest BCUT2D eigenvalue weighted by Gasteiger charge is -2.04. The van der Waals surface area contributed by atoms with Crippen molar-refractivity contribution in [1.29, 1.82) is 0 Å². The van der Waals surface area contributed by atoms with Gasteiger partial charge in [0.2, 0.25) is 0 Å². The van der Waals surface area contributed by atoms with Crippen LogP contribution in [0.4, 0.5) is 11.4 Å². The van der Waals surface area contributed by atoms with E-state index in [-0.39, 0.29) is 0 Å². The smallest absolute Gasteiger partial charge is 0.0390 e. The molecule has 0 amide bonds. The van der Waals surface area contributed by atoms with Gasteiger partial charge in [0.15, 0.2) is 0 Å². The van der Waals surface area contributed by atoms with Gasteiger partial charge in [0.25, 0.3) is 0 Å². The molecule has 0 saturated heterocycles. The number of rotatable bonds is 2. The Hall–Kier alpha value is -1.76. The van der Waals surface area contributed by atoms with Crippen molar-refractivity contribution >= 4 is 11.4 Å². The average molecular weight is 167 g/mol. The minimum absolute atomic E-state index is 1.04. The van der Waals surface area contributed by atoms with Crippen LogP contribution in [0.15, 0.2) is 48.5 Å². The molecule has 2 rings (SSSR count). The first-order valence-electron chi connectivity index (χ1n) is 4.14. The standard InChI is InChI=1S/C12H9N/c1-3-7-11(8-4-1)13-12-9-5-2-6-10-12/h1-3,5,7-10,13H. The van der Waals surface area contributed by atoms with Gasteiger partial charge in [0, 0.05) is 11.4 Å². The van der Waals surface area contributed by atoms with E-state index in [4.69, 9.17) is 0 Å². The predicted molar refractivity (Wildman–Crippen MR) is 53.8 cm³/mol. The SMILES string of the molecule is [c]1cccc(Nc2c[c]ccc2)c1. The van der Waals surface area contributed by atoms with Crippen molar-refractivity contribution in [2.45, 2.75) is 0 Å². The number of benzene rings is 2. The van der Waals surface area contributed by atoms with Gasteiger partial charge < -0.3 is 5.32 Å². The Balaban J connectivity index is 2.16. The molecule has 0 fully saturated rings. The van der Waals surface area contributed by atoms with E-state index in [9.17, 15) is 0 Å². The molecule has 1 N–H and O–H groups in total. The summed E-state index contributed by atoms with van der Waals surface area (Å²) in [6.45, 7) is 0. The van der Waals surface area contributed by atoms with Crippen LogP contribution in [0.25, 0.3) is 0 Å². The van der Waals surface area contributed by atoms with Crippen LogP contribution in [0.2, 0.25) is 0 Å². The predicted octanol–water partition coefficient (Wildman–Crippen LogP) is 3.03. The Bertz CT molecular complexity index is 316. The molecule has 62 valence electrons. The molecule has 0 unspecified atom stereocenters. The third kappa shape index (κ3) is 2.09. The second-order valence-electron chi connectivity index (χ2n) is 2.71. The van der Waals surface area contributed by atoms with E-state index in [1.807, 2.05) is 48.5 Å². The molecule has 2 radical (unpaired) electrons. The van der Waals surface area contributed by atoms with Crippen molar-refractivity contribution in [2.24, 2.45) is 0 Å². The highest BCUT2D eigenvalue weighted by atomic mass is 14.9. The molecule has 2 aromatic carbocycles. The zero-order valence-corrected chi connectivity index (χ0v) is 7.12. The Kier molecular flexibility index (Phi) is 2.28. The van der Waals surface area contributed by atoms with E-state index in [0.717, 1.165) is 11.4 Å². The third-order valence-corrected chi connectivity index (χ3v) is 1.70. The van der Waals surface area contributed by atoms with Crippen molar-refractivity contribution in [1.82, 2.24) is 0 Å². The quantitative estimate of drug-likeness (QED) is 0.724. The van der Waals surface area contributed by atoms with Crippen LogP contribution < -0.4 is 5.32 Å². The molecule has 13 heavy (non-hydrogen) atoms. The van der Waals surface area contributed by atoms with Gasteiger partial charge in [-0.2, -0.15) is 0 Å². The van der Waals surface area contributed by atoms with Gasteiger partial charge in [-0.1, -0.05) is 24.3 Å². The minimum Gasteiger partial charge on any atom is -0.355 e. The minimum atomic E-state index is 1.04. The Morgan fingerprint density at radius 1 is 0.846 bits per heavy atom. The lowest BCUT2D eigenvalue weighted by molar-refractivity contribution is 1.54. The van der Waals surface area contributed by atoms with Crippen molar-refractivity contribution < 1.29 is 0 Å². The highest BCUT2D eigenvalue weighted by Crippen LogP contribution is 2.13. The fraction of sp³-hybridized carbons (Fsp3) is 0. The number of nitrogens with one attached hydrogen (secondary N) is 1. The summed E-state index contributed by atoms with van der Waals surface area (Å²) in [6, 6.07) is 21.5. The van der Waals surface area contributed by atoms with Gasteiger partial charge in [0.05, 0.1) is 0 Å². The zero-order chi connectivity index (χ0) is 8.93. The van der Waals surface area contributed by atoms with E-state index in [0.29, 0.717) is 0 Å². The van der Waals surface area contributed by atoms with Gasteiger partial charge in [0.1, 0.15) is 0 Å². The summed E-state index contributed by atoms with van der Waals surface area (Å²) < 4.78 is 0. The van der Waals surface area contributed by atoms with Crippen LogP contribution in [0.1, 0.15) is 0 Å².